The zero-order valence-corrected chi connectivity index (χ0v) is 9.84. The molecule has 2 rings (SSSR count). The fourth-order valence-electron chi connectivity index (χ4n) is 1.79. The Balaban J connectivity index is 2.54. The van der Waals surface area contributed by atoms with Crippen LogP contribution in [0.3, 0.4) is 0 Å². The molecule has 0 saturated carbocycles. The van der Waals surface area contributed by atoms with Crippen molar-refractivity contribution in [2.75, 3.05) is 16.8 Å². The van der Waals surface area contributed by atoms with Crippen LogP contribution in [0.1, 0.15) is 12.5 Å². The van der Waals surface area contributed by atoms with E-state index in [0.717, 1.165) is 18.2 Å². The van der Waals surface area contributed by atoms with Gasteiger partial charge in [0.1, 0.15) is 0 Å². The summed E-state index contributed by atoms with van der Waals surface area (Å²) in [4.78, 5) is 24.1. The number of imide groups is 1. The third kappa shape index (κ3) is 2.47. The van der Waals surface area contributed by atoms with Crippen LogP contribution in [-0.2, 0) is 6.18 Å². The van der Waals surface area contributed by atoms with E-state index in [9.17, 15) is 22.8 Å². The lowest BCUT2D eigenvalue weighted by molar-refractivity contribution is -0.137. The van der Waals surface area contributed by atoms with Gasteiger partial charge >= 0.3 is 18.2 Å². The lowest BCUT2D eigenvalue weighted by atomic mass is 10.1. The first kappa shape index (κ1) is 13.2. The number of hydrogen-bond acceptors (Lipinski definition) is 2. The zero-order valence-electron chi connectivity index (χ0n) is 9.84. The molecule has 102 valence electrons. The molecule has 0 aliphatic carbocycles. The Kier molecular flexibility index (Phi) is 3.09. The third-order valence-electron chi connectivity index (χ3n) is 2.64. The predicted molar refractivity (Wildman–Crippen MR) is 62.0 cm³/mol. The number of carbonyl (C=O) groups is 2. The van der Waals surface area contributed by atoms with E-state index in [1.165, 1.54) is 4.90 Å². The third-order valence-corrected chi connectivity index (χ3v) is 2.64. The highest BCUT2D eigenvalue weighted by Gasteiger charge is 2.33. The minimum absolute atomic E-state index is 0.0555. The summed E-state index contributed by atoms with van der Waals surface area (Å²) in [7, 11) is 0. The summed E-state index contributed by atoms with van der Waals surface area (Å²) in [5, 5.41) is 4.22. The van der Waals surface area contributed by atoms with Crippen LogP contribution in [0.15, 0.2) is 18.2 Å². The highest BCUT2D eigenvalue weighted by molar-refractivity contribution is 6.12. The second-order valence-corrected chi connectivity index (χ2v) is 3.86. The average molecular weight is 273 g/mol. The van der Waals surface area contributed by atoms with Crippen molar-refractivity contribution in [3.8, 4) is 0 Å². The first-order valence-corrected chi connectivity index (χ1v) is 5.43. The Labute approximate surface area is 106 Å². The van der Waals surface area contributed by atoms with Gasteiger partial charge in [0.05, 0.1) is 16.9 Å². The van der Waals surface area contributed by atoms with Crippen LogP contribution < -0.4 is 15.5 Å². The molecule has 1 heterocycles. The number of nitrogens with zero attached hydrogens (tertiary/aromatic N) is 1. The van der Waals surface area contributed by atoms with E-state index in [2.05, 4.69) is 5.32 Å². The molecule has 0 aromatic heterocycles. The summed E-state index contributed by atoms with van der Waals surface area (Å²) in [6.45, 7) is 1.87. The first-order valence-electron chi connectivity index (χ1n) is 5.43. The lowest BCUT2D eigenvalue weighted by Gasteiger charge is -2.20. The number of benzene rings is 1. The van der Waals surface area contributed by atoms with Gasteiger partial charge in [-0.2, -0.15) is 13.2 Å². The van der Waals surface area contributed by atoms with Crippen molar-refractivity contribution in [3.05, 3.63) is 23.8 Å². The van der Waals surface area contributed by atoms with E-state index < -0.39 is 23.8 Å². The highest BCUT2D eigenvalue weighted by atomic mass is 19.4. The van der Waals surface area contributed by atoms with E-state index >= 15 is 0 Å². The standard InChI is InChI=1S/C11H10F3N3O2/c1-2-17-8-4-3-6(11(12,13)14)5-7(8)15-9(18)16-10(17)19/h3-5H,2H2,1H3,(H2,15,16,18,19). The number of amides is 4. The van der Waals surface area contributed by atoms with Crippen LogP contribution in [0.5, 0.6) is 0 Å². The maximum atomic E-state index is 12.6. The van der Waals surface area contributed by atoms with Gasteiger partial charge in [-0.1, -0.05) is 0 Å². The molecule has 1 aliphatic rings. The fraction of sp³-hybridized carbons (Fsp3) is 0.273. The molecule has 0 saturated heterocycles. The van der Waals surface area contributed by atoms with Gasteiger partial charge in [-0.3, -0.25) is 10.2 Å². The molecule has 1 aliphatic heterocycles. The first-order chi connectivity index (χ1) is 8.82. The summed E-state index contributed by atoms with van der Waals surface area (Å²) in [5.41, 5.74) is -0.726. The van der Waals surface area contributed by atoms with Gasteiger partial charge in [0.15, 0.2) is 0 Å². The average Bonchev–Trinajstić information content (AvgIpc) is 2.41. The maximum absolute atomic E-state index is 12.6. The number of alkyl halides is 3. The number of carbonyl (C=O) groups excluding carboxylic acids is 2. The number of fused-ring (bicyclic) bond motifs is 1. The Morgan fingerprint density at radius 3 is 2.47 bits per heavy atom. The van der Waals surface area contributed by atoms with E-state index in [4.69, 9.17) is 0 Å². The van der Waals surface area contributed by atoms with Gasteiger partial charge in [0.25, 0.3) is 0 Å². The highest BCUT2D eigenvalue weighted by Crippen LogP contribution is 2.36. The number of urea groups is 2. The van der Waals surface area contributed by atoms with Gasteiger partial charge in [0.2, 0.25) is 0 Å². The van der Waals surface area contributed by atoms with Crippen molar-refractivity contribution >= 4 is 23.4 Å². The number of halogens is 3. The smallest absolute Gasteiger partial charge is 0.306 e. The zero-order chi connectivity index (χ0) is 14.2. The van der Waals surface area contributed by atoms with E-state index in [-0.39, 0.29) is 17.9 Å². The summed E-state index contributed by atoms with van der Waals surface area (Å²) < 4.78 is 37.8. The van der Waals surface area contributed by atoms with Gasteiger partial charge in [-0.25, -0.2) is 9.59 Å². The van der Waals surface area contributed by atoms with Gasteiger partial charge in [-0.15, -0.1) is 0 Å². The molecule has 0 atom stereocenters. The molecule has 1 aromatic carbocycles. The van der Waals surface area contributed by atoms with E-state index in [1.807, 2.05) is 5.32 Å². The normalized spacial score (nSPS) is 15.5. The van der Waals surface area contributed by atoms with Crippen LogP contribution >= 0.6 is 0 Å². The molecule has 5 nitrogen and oxygen atoms in total. The molecule has 4 amide bonds. The quantitative estimate of drug-likeness (QED) is 0.826. The maximum Gasteiger partial charge on any atom is 0.416 e. The second kappa shape index (κ2) is 4.45. The van der Waals surface area contributed by atoms with Crippen molar-refractivity contribution in [1.82, 2.24) is 5.32 Å². The SMILES string of the molecule is CCN1C(=O)NC(=O)Nc2cc(C(F)(F)F)ccc21. The Bertz CT molecular complexity index is 542. The van der Waals surface area contributed by atoms with Crippen molar-refractivity contribution in [2.45, 2.75) is 13.1 Å². The number of rotatable bonds is 1. The van der Waals surface area contributed by atoms with Crippen LogP contribution in [0.4, 0.5) is 34.1 Å². The van der Waals surface area contributed by atoms with Crippen molar-refractivity contribution in [2.24, 2.45) is 0 Å². The molecule has 0 spiro atoms. The molecular formula is C11H10F3N3O2. The van der Waals surface area contributed by atoms with Gasteiger partial charge in [0, 0.05) is 6.54 Å². The number of hydrogen-bond donors (Lipinski definition) is 2. The number of nitrogens with one attached hydrogen (secondary N) is 2. The van der Waals surface area contributed by atoms with E-state index in [0.29, 0.717) is 0 Å². The Hall–Kier alpha value is -2.25. The molecule has 19 heavy (non-hydrogen) atoms. The summed E-state index contributed by atoms with van der Waals surface area (Å²) in [6.07, 6.45) is -4.51. The topological polar surface area (TPSA) is 61.4 Å². The fourth-order valence-corrected chi connectivity index (χ4v) is 1.79. The summed E-state index contributed by atoms with van der Waals surface area (Å²) >= 11 is 0. The minimum atomic E-state index is -4.51. The molecule has 1 aromatic rings. The van der Waals surface area contributed by atoms with Crippen LogP contribution in [0, 0.1) is 0 Å². The van der Waals surface area contributed by atoms with Gasteiger partial charge < -0.3 is 5.32 Å². The lowest BCUT2D eigenvalue weighted by Crippen LogP contribution is -2.41. The molecular weight excluding hydrogens is 263 g/mol. The van der Waals surface area contributed by atoms with Crippen molar-refractivity contribution < 1.29 is 22.8 Å². The van der Waals surface area contributed by atoms with Gasteiger partial charge in [-0.05, 0) is 25.1 Å². The molecule has 0 radical (unpaired) electrons. The van der Waals surface area contributed by atoms with Crippen LogP contribution in [0.25, 0.3) is 0 Å². The second-order valence-electron chi connectivity index (χ2n) is 3.86. The molecule has 8 heteroatoms. The molecule has 2 N–H and O–H groups in total. The van der Waals surface area contributed by atoms with Crippen LogP contribution in [-0.4, -0.2) is 18.6 Å². The number of anilines is 2. The monoisotopic (exact) mass is 273 g/mol. The molecule has 0 fully saturated rings. The largest absolute Gasteiger partial charge is 0.416 e. The molecule has 0 bridgehead atoms. The Morgan fingerprint density at radius 2 is 1.89 bits per heavy atom. The van der Waals surface area contributed by atoms with Crippen molar-refractivity contribution in [3.63, 3.8) is 0 Å². The van der Waals surface area contributed by atoms with Crippen molar-refractivity contribution in [1.29, 1.82) is 0 Å². The van der Waals surface area contributed by atoms with E-state index in [1.54, 1.807) is 6.92 Å². The predicted octanol–water partition coefficient (Wildman–Crippen LogP) is 2.79. The molecule has 0 unspecified atom stereocenters. The minimum Gasteiger partial charge on any atom is -0.306 e. The van der Waals surface area contributed by atoms with Crippen LogP contribution in [0.2, 0.25) is 0 Å². The summed E-state index contributed by atoms with van der Waals surface area (Å²) in [6, 6.07) is 1.29. The summed E-state index contributed by atoms with van der Waals surface area (Å²) in [5.74, 6) is 0. The Morgan fingerprint density at radius 1 is 1.21 bits per heavy atom.